The lowest BCUT2D eigenvalue weighted by Gasteiger charge is -2.12. The Morgan fingerprint density at radius 1 is 1.27 bits per heavy atom. The van der Waals surface area contributed by atoms with Crippen LogP contribution in [0.25, 0.3) is 0 Å². The molecule has 0 atom stereocenters. The summed E-state index contributed by atoms with van der Waals surface area (Å²) in [6.45, 7) is 5.02. The van der Waals surface area contributed by atoms with Gasteiger partial charge in [-0.15, -0.1) is 11.6 Å². The lowest BCUT2D eigenvalue weighted by atomic mass is 10.1. The number of methoxy groups -OCH3 is 1. The Kier molecular flexibility index (Phi) is 4.76. The fourth-order valence-corrected chi connectivity index (χ4v) is 1.81. The fourth-order valence-electron chi connectivity index (χ4n) is 1.67. The van der Waals surface area contributed by atoms with Crippen LogP contribution < -0.4 is 10.1 Å². The van der Waals surface area contributed by atoms with E-state index in [-0.39, 0.29) is 0 Å². The van der Waals surface area contributed by atoms with Crippen molar-refractivity contribution >= 4 is 17.3 Å². The van der Waals surface area contributed by atoms with Gasteiger partial charge in [-0.1, -0.05) is 0 Å². The fraction of sp³-hybridized carbons (Fsp3) is 0.500. The number of ether oxygens (including phenoxy) is 1. The van der Waals surface area contributed by atoms with E-state index in [1.807, 2.05) is 0 Å². The molecule has 0 heterocycles. The third-order valence-corrected chi connectivity index (χ3v) is 2.57. The number of hydrogen-bond donors (Lipinski definition) is 1. The van der Waals surface area contributed by atoms with Gasteiger partial charge in [0.25, 0.3) is 0 Å². The summed E-state index contributed by atoms with van der Waals surface area (Å²) >= 11 is 5.62. The van der Waals surface area contributed by atoms with Crippen molar-refractivity contribution in [1.82, 2.24) is 0 Å². The molecule has 3 heteroatoms. The number of anilines is 1. The standard InChI is InChI=1S/C12H18ClNO/c1-9-7-11(14-6-4-5-13)8-10(2)12(9)15-3/h7-8,14H,4-6H2,1-3H3. The van der Waals surface area contributed by atoms with E-state index in [9.17, 15) is 0 Å². The summed E-state index contributed by atoms with van der Waals surface area (Å²) in [4.78, 5) is 0. The van der Waals surface area contributed by atoms with Crippen LogP contribution in [0.5, 0.6) is 5.75 Å². The molecule has 0 aliphatic rings. The van der Waals surface area contributed by atoms with Crippen molar-refractivity contribution in [1.29, 1.82) is 0 Å². The van der Waals surface area contributed by atoms with Gasteiger partial charge in [0.05, 0.1) is 7.11 Å². The molecule has 15 heavy (non-hydrogen) atoms. The molecule has 1 aromatic rings. The van der Waals surface area contributed by atoms with Crippen LogP contribution in [-0.4, -0.2) is 19.5 Å². The second-order valence-electron chi connectivity index (χ2n) is 3.61. The quantitative estimate of drug-likeness (QED) is 0.615. The van der Waals surface area contributed by atoms with Gasteiger partial charge in [0.1, 0.15) is 5.75 Å². The van der Waals surface area contributed by atoms with Crippen LogP contribution in [-0.2, 0) is 0 Å². The first-order valence-electron chi connectivity index (χ1n) is 5.14. The molecule has 0 aromatic heterocycles. The van der Waals surface area contributed by atoms with Crippen molar-refractivity contribution in [2.75, 3.05) is 24.9 Å². The van der Waals surface area contributed by atoms with Gasteiger partial charge in [-0.25, -0.2) is 0 Å². The van der Waals surface area contributed by atoms with Crippen molar-refractivity contribution in [3.05, 3.63) is 23.3 Å². The van der Waals surface area contributed by atoms with Gasteiger partial charge in [-0.05, 0) is 43.5 Å². The van der Waals surface area contributed by atoms with Gasteiger partial charge >= 0.3 is 0 Å². The summed E-state index contributed by atoms with van der Waals surface area (Å²) in [5.74, 6) is 1.67. The Balaban J connectivity index is 2.75. The monoisotopic (exact) mass is 227 g/mol. The normalized spacial score (nSPS) is 10.1. The minimum absolute atomic E-state index is 0.696. The average Bonchev–Trinajstić information content (AvgIpc) is 2.18. The van der Waals surface area contributed by atoms with Crippen LogP contribution in [0.4, 0.5) is 5.69 Å². The molecule has 0 spiro atoms. The summed E-state index contributed by atoms with van der Waals surface area (Å²) in [6.07, 6.45) is 0.978. The van der Waals surface area contributed by atoms with E-state index in [4.69, 9.17) is 16.3 Å². The predicted octanol–water partition coefficient (Wildman–Crippen LogP) is 3.35. The second-order valence-corrected chi connectivity index (χ2v) is 3.99. The number of benzene rings is 1. The number of rotatable bonds is 5. The summed E-state index contributed by atoms with van der Waals surface area (Å²) in [5.41, 5.74) is 3.45. The molecule has 0 unspecified atom stereocenters. The summed E-state index contributed by atoms with van der Waals surface area (Å²) < 4.78 is 5.31. The molecule has 0 aliphatic carbocycles. The van der Waals surface area contributed by atoms with Crippen LogP contribution in [0.3, 0.4) is 0 Å². The molecule has 0 bridgehead atoms. The Hall–Kier alpha value is -0.890. The van der Waals surface area contributed by atoms with Crippen molar-refractivity contribution in [3.63, 3.8) is 0 Å². The highest BCUT2D eigenvalue weighted by atomic mass is 35.5. The Labute approximate surface area is 96.6 Å². The first-order chi connectivity index (χ1) is 7.19. The van der Waals surface area contributed by atoms with Gasteiger partial charge in [0.2, 0.25) is 0 Å². The number of nitrogens with one attached hydrogen (secondary N) is 1. The van der Waals surface area contributed by atoms with Crippen LogP contribution >= 0.6 is 11.6 Å². The van der Waals surface area contributed by atoms with E-state index in [1.54, 1.807) is 7.11 Å². The topological polar surface area (TPSA) is 21.3 Å². The second kappa shape index (κ2) is 5.86. The molecule has 1 aromatic carbocycles. The van der Waals surface area contributed by atoms with Crippen molar-refractivity contribution in [3.8, 4) is 5.75 Å². The lowest BCUT2D eigenvalue weighted by Crippen LogP contribution is -2.03. The largest absolute Gasteiger partial charge is 0.496 e. The molecule has 0 saturated heterocycles. The maximum Gasteiger partial charge on any atom is 0.124 e. The molecule has 84 valence electrons. The number of aryl methyl sites for hydroxylation is 2. The zero-order valence-corrected chi connectivity index (χ0v) is 10.3. The molecule has 0 saturated carbocycles. The Bertz CT molecular complexity index is 302. The zero-order chi connectivity index (χ0) is 11.3. The SMILES string of the molecule is COc1c(C)cc(NCCCCl)cc1C. The first kappa shape index (κ1) is 12.2. The minimum Gasteiger partial charge on any atom is -0.496 e. The lowest BCUT2D eigenvalue weighted by molar-refractivity contribution is 0.408. The van der Waals surface area contributed by atoms with Gasteiger partial charge in [0.15, 0.2) is 0 Å². The summed E-state index contributed by atoms with van der Waals surface area (Å²) in [6, 6.07) is 4.19. The molecular weight excluding hydrogens is 210 g/mol. The zero-order valence-electron chi connectivity index (χ0n) is 9.56. The van der Waals surface area contributed by atoms with Crippen LogP contribution in [0.2, 0.25) is 0 Å². The van der Waals surface area contributed by atoms with E-state index in [0.717, 1.165) is 35.5 Å². The number of hydrogen-bond acceptors (Lipinski definition) is 2. The molecule has 0 amide bonds. The highest BCUT2D eigenvalue weighted by Gasteiger charge is 2.04. The van der Waals surface area contributed by atoms with Gasteiger partial charge < -0.3 is 10.1 Å². The van der Waals surface area contributed by atoms with E-state index in [0.29, 0.717) is 5.88 Å². The molecule has 0 radical (unpaired) electrons. The van der Waals surface area contributed by atoms with E-state index in [2.05, 4.69) is 31.3 Å². The maximum absolute atomic E-state index is 5.62. The highest BCUT2D eigenvalue weighted by molar-refractivity contribution is 6.17. The highest BCUT2D eigenvalue weighted by Crippen LogP contribution is 2.26. The van der Waals surface area contributed by atoms with Crippen LogP contribution in [0, 0.1) is 13.8 Å². The van der Waals surface area contributed by atoms with Crippen molar-refractivity contribution < 1.29 is 4.74 Å². The van der Waals surface area contributed by atoms with Gasteiger partial charge in [0, 0.05) is 18.1 Å². The number of halogens is 1. The molecule has 0 aliphatic heterocycles. The average molecular weight is 228 g/mol. The summed E-state index contributed by atoms with van der Waals surface area (Å²) in [7, 11) is 1.70. The molecule has 0 fully saturated rings. The molecule has 1 rings (SSSR count). The van der Waals surface area contributed by atoms with Crippen molar-refractivity contribution in [2.45, 2.75) is 20.3 Å². The first-order valence-corrected chi connectivity index (χ1v) is 5.67. The smallest absolute Gasteiger partial charge is 0.124 e. The Morgan fingerprint density at radius 3 is 2.33 bits per heavy atom. The number of alkyl halides is 1. The predicted molar refractivity (Wildman–Crippen MR) is 66.3 cm³/mol. The minimum atomic E-state index is 0.696. The van der Waals surface area contributed by atoms with Crippen LogP contribution in [0.1, 0.15) is 17.5 Å². The van der Waals surface area contributed by atoms with E-state index >= 15 is 0 Å². The Morgan fingerprint density at radius 2 is 1.87 bits per heavy atom. The van der Waals surface area contributed by atoms with Crippen LogP contribution in [0.15, 0.2) is 12.1 Å². The van der Waals surface area contributed by atoms with Gasteiger partial charge in [-0.3, -0.25) is 0 Å². The third-order valence-electron chi connectivity index (χ3n) is 2.30. The van der Waals surface area contributed by atoms with Gasteiger partial charge in [-0.2, -0.15) is 0 Å². The molecular formula is C12H18ClNO. The van der Waals surface area contributed by atoms with Crippen molar-refractivity contribution in [2.24, 2.45) is 0 Å². The van der Waals surface area contributed by atoms with E-state index in [1.165, 1.54) is 0 Å². The maximum atomic E-state index is 5.62. The molecule has 1 N–H and O–H groups in total. The summed E-state index contributed by atoms with van der Waals surface area (Å²) in [5, 5.41) is 3.34. The van der Waals surface area contributed by atoms with E-state index < -0.39 is 0 Å². The molecule has 2 nitrogen and oxygen atoms in total. The third kappa shape index (κ3) is 3.31.